The van der Waals surface area contributed by atoms with Crippen LogP contribution >= 0.6 is 11.6 Å². The number of ketones is 1. The lowest BCUT2D eigenvalue weighted by Crippen LogP contribution is -2.07. The van der Waals surface area contributed by atoms with Gasteiger partial charge in [0.05, 0.1) is 0 Å². The van der Waals surface area contributed by atoms with Crippen LogP contribution in [0.4, 0.5) is 0 Å². The Kier molecular flexibility index (Phi) is 3.07. The van der Waals surface area contributed by atoms with Crippen molar-refractivity contribution in [1.29, 1.82) is 0 Å². The summed E-state index contributed by atoms with van der Waals surface area (Å²) in [7, 11) is 0. The van der Waals surface area contributed by atoms with Gasteiger partial charge in [0.2, 0.25) is 0 Å². The van der Waals surface area contributed by atoms with Crippen molar-refractivity contribution >= 4 is 17.4 Å². The molecule has 0 fully saturated rings. The van der Waals surface area contributed by atoms with E-state index in [9.17, 15) is 4.79 Å². The van der Waals surface area contributed by atoms with Crippen LogP contribution in [-0.2, 0) is 6.42 Å². The summed E-state index contributed by atoms with van der Waals surface area (Å²) in [6.45, 7) is 6.18. The Morgan fingerprint density at radius 1 is 1.38 bits per heavy atom. The van der Waals surface area contributed by atoms with Crippen molar-refractivity contribution in [3.8, 4) is 0 Å². The van der Waals surface area contributed by atoms with Gasteiger partial charge < -0.3 is 0 Å². The monoisotopic (exact) mass is 236 g/mol. The third-order valence-corrected chi connectivity index (χ3v) is 3.94. The zero-order chi connectivity index (χ0) is 11.9. The normalized spacial score (nSPS) is 20.5. The number of rotatable bonds is 0. The molecule has 16 heavy (non-hydrogen) atoms. The van der Waals surface area contributed by atoms with E-state index in [1.165, 1.54) is 0 Å². The lowest BCUT2D eigenvalue weighted by atomic mass is 9.93. The van der Waals surface area contributed by atoms with Crippen LogP contribution in [-0.4, -0.2) is 5.78 Å². The maximum absolute atomic E-state index is 12.2. The molecule has 1 unspecified atom stereocenters. The summed E-state index contributed by atoms with van der Waals surface area (Å²) in [6, 6.07) is 1.99. The highest BCUT2D eigenvalue weighted by Crippen LogP contribution is 2.33. The van der Waals surface area contributed by atoms with Crippen LogP contribution in [0.1, 0.15) is 46.8 Å². The maximum atomic E-state index is 12.2. The minimum Gasteiger partial charge on any atom is -0.294 e. The SMILES string of the molecule is Cc1cc(Cl)c2c(c1C)C(=O)CC(C)CC2. The predicted octanol–water partition coefficient (Wildman–Crippen LogP) is 4.11. The number of hydrogen-bond donors (Lipinski definition) is 0. The molecule has 0 N–H and O–H groups in total. The molecule has 1 aromatic rings. The van der Waals surface area contributed by atoms with Gasteiger partial charge >= 0.3 is 0 Å². The molecule has 0 spiro atoms. The van der Waals surface area contributed by atoms with Gasteiger partial charge in [-0.05, 0) is 55.4 Å². The molecule has 2 rings (SSSR count). The molecule has 1 atom stereocenters. The highest BCUT2D eigenvalue weighted by molar-refractivity contribution is 6.32. The average molecular weight is 237 g/mol. The van der Waals surface area contributed by atoms with Crippen LogP contribution in [0.25, 0.3) is 0 Å². The summed E-state index contributed by atoms with van der Waals surface area (Å²) >= 11 is 6.25. The summed E-state index contributed by atoms with van der Waals surface area (Å²) in [5.41, 5.74) is 4.19. The number of carbonyl (C=O) groups excluding carboxylic acids is 1. The second kappa shape index (κ2) is 4.21. The summed E-state index contributed by atoms with van der Waals surface area (Å²) in [5.74, 6) is 0.735. The van der Waals surface area contributed by atoms with E-state index in [4.69, 9.17) is 11.6 Å². The Hall–Kier alpha value is -0.820. The van der Waals surface area contributed by atoms with E-state index < -0.39 is 0 Å². The van der Waals surface area contributed by atoms with Crippen molar-refractivity contribution in [3.05, 3.63) is 33.3 Å². The van der Waals surface area contributed by atoms with Gasteiger partial charge in [0.25, 0.3) is 0 Å². The molecule has 0 radical (unpaired) electrons. The van der Waals surface area contributed by atoms with Crippen molar-refractivity contribution in [3.63, 3.8) is 0 Å². The number of halogens is 1. The van der Waals surface area contributed by atoms with Crippen molar-refractivity contribution < 1.29 is 4.79 Å². The molecule has 0 heterocycles. The minimum absolute atomic E-state index is 0.267. The minimum atomic E-state index is 0.267. The first kappa shape index (κ1) is 11.7. The molecule has 1 aliphatic rings. The molecule has 0 aromatic heterocycles. The number of Topliss-reactive ketones (excluding diaryl/α,β-unsaturated/α-hetero) is 1. The van der Waals surface area contributed by atoms with Gasteiger partial charge in [-0.25, -0.2) is 0 Å². The van der Waals surface area contributed by atoms with E-state index in [1.54, 1.807) is 0 Å². The molecule has 1 aromatic carbocycles. The predicted molar refractivity (Wildman–Crippen MR) is 67.4 cm³/mol. The van der Waals surface area contributed by atoms with Gasteiger partial charge in [-0.2, -0.15) is 0 Å². The van der Waals surface area contributed by atoms with E-state index in [0.717, 1.165) is 40.1 Å². The molecule has 0 saturated heterocycles. The zero-order valence-corrected chi connectivity index (χ0v) is 10.8. The first-order valence-electron chi connectivity index (χ1n) is 5.82. The van der Waals surface area contributed by atoms with Gasteiger partial charge in [-0.1, -0.05) is 18.5 Å². The topological polar surface area (TPSA) is 17.1 Å². The molecule has 0 saturated carbocycles. The summed E-state index contributed by atoms with van der Waals surface area (Å²) in [5, 5.41) is 0.764. The van der Waals surface area contributed by atoms with Crippen molar-refractivity contribution in [1.82, 2.24) is 0 Å². The number of fused-ring (bicyclic) bond motifs is 1. The van der Waals surface area contributed by atoms with Gasteiger partial charge in [-0.3, -0.25) is 4.79 Å². The Morgan fingerprint density at radius 3 is 2.75 bits per heavy atom. The van der Waals surface area contributed by atoms with Crippen LogP contribution in [0, 0.1) is 19.8 Å². The quantitative estimate of drug-likeness (QED) is 0.620. The summed E-state index contributed by atoms with van der Waals surface area (Å²) < 4.78 is 0. The standard InChI is InChI=1S/C14H17ClO/c1-8-4-5-11-12(15)7-9(2)10(3)14(11)13(16)6-8/h7-8H,4-6H2,1-3H3. The lowest BCUT2D eigenvalue weighted by Gasteiger charge is -2.13. The van der Waals surface area contributed by atoms with Crippen LogP contribution < -0.4 is 0 Å². The Morgan fingerprint density at radius 2 is 2.06 bits per heavy atom. The molecule has 1 aliphatic carbocycles. The van der Waals surface area contributed by atoms with Crippen LogP contribution in [0.15, 0.2) is 6.07 Å². The van der Waals surface area contributed by atoms with Gasteiger partial charge in [-0.15, -0.1) is 0 Å². The molecule has 1 nitrogen and oxygen atoms in total. The number of carbonyl (C=O) groups is 1. The summed E-state index contributed by atoms with van der Waals surface area (Å²) in [6.07, 6.45) is 2.65. The molecule has 86 valence electrons. The van der Waals surface area contributed by atoms with E-state index >= 15 is 0 Å². The van der Waals surface area contributed by atoms with E-state index in [0.29, 0.717) is 12.3 Å². The second-order valence-corrected chi connectivity index (χ2v) is 5.33. The third-order valence-electron chi connectivity index (χ3n) is 3.60. The fraction of sp³-hybridized carbons (Fsp3) is 0.500. The van der Waals surface area contributed by atoms with Gasteiger partial charge in [0.1, 0.15) is 0 Å². The number of benzene rings is 1. The lowest BCUT2D eigenvalue weighted by molar-refractivity contribution is 0.0966. The molecule has 0 amide bonds. The average Bonchev–Trinajstić information content (AvgIpc) is 2.34. The van der Waals surface area contributed by atoms with E-state index in [2.05, 4.69) is 6.92 Å². The molecule has 0 aliphatic heterocycles. The zero-order valence-electron chi connectivity index (χ0n) is 10.1. The Balaban J connectivity index is 2.64. The molecular formula is C14H17ClO. The second-order valence-electron chi connectivity index (χ2n) is 4.92. The highest BCUT2D eigenvalue weighted by Gasteiger charge is 2.24. The molecule has 0 bridgehead atoms. The van der Waals surface area contributed by atoms with Crippen molar-refractivity contribution in [2.24, 2.45) is 5.92 Å². The largest absolute Gasteiger partial charge is 0.294 e. The first-order valence-corrected chi connectivity index (χ1v) is 6.20. The smallest absolute Gasteiger partial charge is 0.163 e. The van der Waals surface area contributed by atoms with Crippen molar-refractivity contribution in [2.45, 2.75) is 40.0 Å². The van der Waals surface area contributed by atoms with Crippen LogP contribution in [0.3, 0.4) is 0 Å². The van der Waals surface area contributed by atoms with E-state index in [-0.39, 0.29) is 5.78 Å². The van der Waals surface area contributed by atoms with Gasteiger partial charge in [0, 0.05) is 17.0 Å². The highest BCUT2D eigenvalue weighted by atomic mass is 35.5. The Labute approximate surface area is 102 Å². The third kappa shape index (κ3) is 1.89. The van der Waals surface area contributed by atoms with Gasteiger partial charge in [0.15, 0.2) is 5.78 Å². The van der Waals surface area contributed by atoms with Crippen molar-refractivity contribution in [2.75, 3.05) is 0 Å². The number of aryl methyl sites for hydroxylation is 1. The fourth-order valence-electron chi connectivity index (χ4n) is 2.46. The molecule has 2 heteroatoms. The maximum Gasteiger partial charge on any atom is 0.163 e. The van der Waals surface area contributed by atoms with E-state index in [1.807, 2.05) is 19.9 Å². The fourth-order valence-corrected chi connectivity index (χ4v) is 2.81. The molecular weight excluding hydrogens is 220 g/mol. The van der Waals surface area contributed by atoms with Crippen LogP contribution in [0.2, 0.25) is 5.02 Å². The first-order chi connectivity index (χ1) is 7.50. The van der Waals surface area contributed by atoms with Crippen LogP contribution in [0.5, 0.6) is 0 Å². The summed E-state index contributed by atoms with van der Waals surface area (Å²) in [4.78, 5) is 12.2. The number of hydrogen-bond acceptors (Lipinski definition) is 1. The Bertz CT molecular complexity index is 449.